The van der Waals surface area contributed by atoms with Crippen LogP contribution in [0.3, 0.4) is 0 Å². The lowest BCUT2D eigenvalue weighted by Crippen LogP contribution is -2.50. The third-order valence-electron chi connectivity index (χ3n) is 11.9. The van der Waals surface area contributed by atoms with Gasteiger partial charge in [-0.25, -0.2) is 0 Å². The highest BCUT2D eigenvalue weighted by molar-refractivity contribution is 7.76. The first kappa shape index (κ1) is 63.8. The van der Waals surface area contributed by atoms with E-state index in [-0.39, 0.29) is 0 Å². The minimum Gasteiger partial charge on any atom is -0.871 e. The molecule has 0 saturated heterocycles. The van der Waals surface area contributed by atoms with Gasteiger partial charge in [0.25, 0.3) is 0 Å². The first-order valence-corrected chi connectivity index (χ1v) is 32.7. The molecule has 0 aromatic heterocycles. The number of rotatable bonds is 37. The molecule has 0 amide bonds. The van der Waals surface area contributed by atoms with E-state index in [9.17, 15) is 0 Å². The van der Waals surface area contributed by atoms with Gasteiger partial charge in [-0.3, -0.25) is 0 Å². The molecule has 0 radical (unpaired) electrons. The Morgan fingerprint density at radius 3 is 0.411 bits per heavy atom. The number of unbranched alkanes of at least 4 members (excludes halogenated alkanes) is 12. The van der Waals surface area contributed by atoms with Crippen LogP contribution in [-0.4, -0.2) is 81.3 Å². The Bertz CT molecular complexity index is 518. The normalized spacial score (nSPS) is 11.6. The van der Waals surface area contributed by atoms with E-state index >= 15 is 0 Å². The average molecular weight is 853 g/mol. The Hall–Kier alpha value is 1.19. The van der Waals surface area contributed by atoms with Crippen molar-refractivity contribution >= 4 is 29.1 Å². The van der Waals surface area contributed by atoms with E-state index in [1.54, 1.807) is 73.9 Å². The van der Waals surface area contributed by atoms with Crippen molar-refractivity contribution in [3.05, 3.63) is 0 Å². The minimum absolute atomic E-state index is 0.562. The molecule has 0 fully saturated rings. The van der Waals surface area contributed by atoms with Gasteiger partial charge in [-0.05, 0) is 77.0 Å². The summed E-state index contributed by atoms with van der Waals surface area (Å²) < 4.78 is 0. The fourth-order valence-electron chi connectivity index (χ4n) is 7.93. The Labute approximate surface area is 359 Å². The van der Waals surface area contributed by atoms with Crippen molar-refractivity contribution in [3.8, 4) is 0 Å². The molecule has 342 valence electrons. The van der Waals surface area contributed by atoms with Crippen molar-refractivity contribution in [1.29, 1.82) is 0 Å². The lowest BCUT2D eigenvalue weighted by atomic mass is 10.3. The minimum atomic E-state index is -2.67. The summed E-state index contributed by atoms with van der Waals surface area (Å²) in [7, 11) is -4.36. The van der Waals surface area contributed by atoms with Gasteiger partial charge in [-0.1, -0.05) is 160 Å². The predicted molar refractivity (Wildman–Crippen MR) is 265 cm³/mol. The van der Waals surface area contributed by atoms with Crippen molar-refractivity contribution in [2.45, 2.75) is 237 Å². The molecule has 0 aliphatic carbocycles. The maximum atomic E-state index is 8.81. The van der Waals surface area contributed by atoms with Gasteiger partial charge < -0.3 is 20.1 Å². The summed E-state index contributed by atoms with van der Waals surface area (Å²) in [6, 6.07) is 0. The van der Waals surface area contributed by atoms with Gasteiger partial charge in [0.05, 0.1) is 73.9 Å². The standard InChI is InChI=1S/3C16H36P.BHO4/c3*1-5-9-13-17(14-10-6-2,15-11-7-3)16-12-8-4;2-1(3)5-4/h3*5-16H2,1-4H3;4H/q3*+1;-2/p-1. The molecule has 0 aromatic carbocycles. The quantitative estimate of drug-likeness (QED) is 0.0270. The molecule has 0 atom stereocenters. The van der Waals surface area contributed by atoms with Crippen molar-refractivity contribution in [1.82, 2.24) is 0 Å². The summed E-state index contributed by atoms with van der Waals surface area (Å²) in [5.74, 6) is 0. The average Bonchev–Trinajstić information content (AvgIpc) is 3.22. The molecule has 0 aliphatic heterocycles. The monoisotopic (exact) mass is 853 g/mol. The highest BCUT2D eigenvalue weighted by Gasteiger charge is 2.36. The van der Waals surface area contributed by atoms with E-state index in [4.69, 9.17) is 15.3 Å². The van der Waals surface area contributed by atoms with Gasteiger partial charge in [-0.15, -0.1) is 0 Å². The third-order valence-corrected chi connectivity index (χ3v) is 27.1. The SMILES string of the molecule is CCCC[P+](CCCC)(CCCC)CCCC.CCCC[P+](CCCC)(CCCC)CCCC.CCCC[P+](CCCC)(CCCC)CCCC.[O-]OB([O-])[O-]. The van der Waals surface area contributed by atoms with Gasteiger partial charge in [0.2, 0.25) is 0 Å². The van der Waals surface area contributed by atoms with Crippen molar-refractivity contribution in [2.24, 2.45) is 0 Å². The number of hydrogen-bond acceptors (Lipinski definition) is 4. The smallest absolute Gasteiger partial charge is 0.0594 e. The van der Waals surface area contributed by atoms with E-state index in [1.807, 2.05) is 0 Å². The predicted octanol–water partition coefficient (Wildman–Crippen LogP) is 14.6. The summed E-state index contributed by atoms with van der Waals surface area (Å²) >= 11 is 0. The van der Waals surface area contributed by atoms with Crippen LogP contribution in [-0.2, 0) is 4.81 Å². The Morgan fingerprint density at radius 2 is 0.357 bits per heavy atom. The molecule has 0 aliphatic rings. The van der Waals surface area contributed by atoms with Crippen LogP contribution in [0.25, 0.3) is 0 Å². The summed E-state index contributed by atoms with van der Waals surface area (Å²) in [6.07, 6.45) is 53.8. The van der Waals surface area contributed by atoms with Gasteiger partial charge in [0, 0.05) is 29.1 Å². The summed E-state index contributed by atoms with van der Waals surface area (Å²) in [6.45, 7) is 28.3. The zero-order valence-corrected chi connectivity index (χ0v) is 43.7. The van der Waals surface area contributed by atoms with Crippen LogP contribution in [0.15, 0.2) is 0 Å². The summed E-state index contributed by atoms with van der Waals surface area (Å²) in [5, 5.41) is 26.1. The Morgan fingerprint density at radius 1 is 0.268 bits per heavy atom. The Balaban J connectivity index is -0.000000340. The van der Waals surface area contributed by atoms with Crippen molar-refractivity contribution in [2.75, 3.05) is 73.9 Å². The lowest BCUT2D eigenvalue weighted by molar-refractivity contribution is -0.678. The second-order valence-corrected chi connectivity index (χ2v) is 30.8. The van der Waals surface area contributed by atoms with Crippen LogP contribution in [0.2, 0.25) is 0 Å². The van der Waals surface area contributed by atoms with E-state index in [0.717, 1.165) is 0 Å². The zero-order valence-electron chi connectivity index (χ0n) is 41.0. The first-order chi connectivity index (χ1) is 27.0. The molecular weight excluding hydrogens is 744 g/mol. The maximum Gasteiger partial charge on any atom is 0.0594 e. The van der Waals surface area contributed by atoms with Crippen LogP contribution in [0.1, 0.15) is 237 Å². The second-order valence-electron chi connectivity index (χ2n) is 17.3. The Kier molecular flexibility index (Phi) is 55.7. The molecule has 0 spiro atoms. The molecule has 0 aromatic rings. The van der Waals surface area contributed by atoms with Crippen LogP contribution in [0.5, 0.6) is 0 Å². The third kappa shape index (κ3) is 40.6. The largest absolute Gasteiger partial charge is 0.871 e. The highest BCUT2D eigenvalue weighted by atomic mass is 31.2. The van der Waals surface area contributed by atoms with Gasteiger partial charge in [-0.2, -0.15) is 0 Å². The van der Waals surface area contributed by atoms with Crippen molar-refractivity contribution in [3.63, 3.8) is 0 Å². The summed E-state index contributed by atoms with van der Waals surface area (Å²) in [4.78, 5) is 2.39. The lowest BCUT2D eigenvalue weighted by Gasteiger charge is -2.29. The number of hydrogen-bond donors (Lipinski definition) is 0. The van der Waals surface area contributed by atoms with Crippen LogP contribution in [0.4, 0.5) is 0 Å². The molecule has 0 N–H and O–H groups in total. The van der Waals surface area contributed by atoms with Crippen LogP contribution < -0.4 is 15.3 Å². The zero-order chi connectivity index (χ0) is 43.2. The van der Waals surface area contributed by atoms with E-state index in [1.165, 1.54) is 154 Å². The van der Waals surface area contributed by atoms with Gasteiger partial charge >= 0.3 is 0 Å². The molecule has 0 rings (SSSR count). The molecule has 0 saturated carbocycles. The molecule has 8 heteroatoms. The van der Waals surface area contributed by atoms with Crippen LogP contribution >= 0.6 is 21.8 Å². The molecule has 56 heavy (non-hydrogen) atoms. The second kappa shape index (κ2) is 48.9. The molecule has 0 unspecified atom stereocenters. The van der Waals surface area contributed by atoms with Crippen LogP contribution in [0, 0.1) is 0 Å². The highest BCUT2D eigenvalue weighted by Crippen LogP contribution is 2.63. The van der Waals surface area contributed by atoms with Gasteiger partial charge in [0.15, 0.2) is 0 Å². The van der Waals surface area contributed by atoms with E-state index in [2.05, 4.69) is 87.9 Å². The molecule has 0 heterocycles. The topological polar surface area (TPSA) is 78.4 Å². The molecule has 4 nitrogen and oxygen atoms in total. The molecule has 0 bridgehead atoms. The van der Waals surface area contributed by atoms with E-state index < -0.39 is 29.1 Å². The first-order valence-electron chi connectivity index (χ1n) is 25.2. The fraction of sp³-hybridized carbons (Fsp3) is 1.00. The maximum absolute atomic E-state index is 8.81. The molecular formula is C48H108BO4P3. The fourth-order valence-corrected chi connectivity index (χ4v) is 23.8. The van der Waals surface area contributed by atoms with Crippen molar-refractivity contribution < 1.29 is 20.1 Å². The van der Waals surface area contributed by atoms with E-state index in [0.29, 0.717) is 0 Å². The summed E-state index contributed by atoms with van der Waals surface area (Å²) in [5.41, 5.74) is 0. The van der Waals surface area contributed by atoms with Gasteiger partial charge in [0.1, 0.15) is 0 Å².